The molecule has 96 valence electrons. The predicted octanol–water partition coefficient (Wildman–Crippen LogP) is 2.45. The number of anilines is 1. The van der Waals surface area contributed by atoms with Crippen LogP contribution in [-0.4, -0.2) is 26.3 Å². The van der Waals surface area contributed by atoms with Gasteiger partial charge in [0.05, 0.1) is 17.9 Å². The summed E-state index contributed by atoms with van der Waals surface area (Å²) in [7, 11) is 1.57. The highest BCUT2D eigenvalue weighted by Crippen LogP contribution is 2.34. The zero-order valence-electron chi connectivity index (χ0n) is 10.1. The lowest BCUT2D eigenvalue weighted by Gasteiger charge is -2.25. The molecule has 0 N–H and O–H groups in total. The molecule has 0 aliphatic heterocycles. The second-order valence-electron chi connectivity index (χ2n) is 4.29. The number of nitrogens with zero attached hydrogens (tertiary/aromatic N) is 2. The summed E-state index contributed by atoms with van der Waals surface area (Å²) in [4.78, 5) is 1.81. The summed E-state index contributed by atoms with van der Waals surface area (Å²) in [5, 5.41) is 8.65. The summed E-state index contributed by atoms with van der Waals surface area (Å²) >= 11 is 0. The van der Waals surface area contributed by atoms with E-state index >= 15 is 0 Å². The molecule has 1 aliphatic rings. The fourth-order valence-corrected chi connectivity index (χ4v) is 1.92. The van der Waals surface area contributed by atoms with Gasteiger partial charge in [-0.25, -0.2) is 8.78 Å². The third-order valence-electron chi connectivity index (χ3n) is 3.02. The van der Waals surface area contributed by atoms with Gasteiger partial charge in [0.15, 0.2) is 11.6 Å². The van der Waals surface area contributed by atoms with Gasteiger partial charge in [-0.1, -0.05) is 0 Å². The van der Waals surface area contributed by atoms with Crippen LogP contribution in [0, 0.1) is 23.0 Å². The van der Waals surface area contributed by atoms with Crippen molar-refractivity contribution < 1.29 is 13.5 Å². The standard InChI is InChI=1S/C13H14F2N2O/c1-18-7-6-17(10-3-4-10)11-5-2-9(8-16)12(14)13(11)15/h2,5,10H,3-4,6-7H2,1H3. The molecule has 0 spiro atoms. The number of ether oxygens (including phenoxy) is 1. The summed E-state index contributed by atoms with van der Waals surface area (Å²) in [6, 6.07) is 4.66. The number of nitriles is 1. The van der Waals surface area contributed by atoms with Crippen molar-refractivity contribution in [1.82, 2.24) is 0 Å². The van der Waals surface area contributed by atoms with Crippen LogP contribution in [0.4, 0.5) is 14.5 Å². The summed E-state index contributed by atoms with van der Waals surface area (Å²) in [5.41, 5.74) is -0.0511. The van der Waals surface area contributed by atoms with Gasteiger partial charge in [0.25, 0.3) is 0 Å². The van der Waals surface area contributed by atoms with Gasteiger partial charge >= 0.3 is 0 Å². The van der Waals surface area contributed by atoms with Gasteiger partial charge in [-0.2, -0.15) is 5.26 Å². The Balaban J connectivity index is 2.30. The molecule has 18 heavy (non-hydrogen) atoms. The van der Waals surface area contributed by atoms with Crippen LogP contribution >= 0.6 is 0 Å². The topological polar surface area (TPSA) is 36.3 Å². The van der Waals surface area contributed by atoms with Gasteiger partial charge in [-0.05, 0) is 25.0 Å². The fraction of sp³-hybridized carbons (Fsp3) is 0.462. The van der Waals surface area contributed by atoms with E-state index in [2.05, 4.69) is 0 Å². The lowest BCUT2D eigenvalue weighted by atomic mass is 10.1. The molecule has 0 aromatic heterocycles. The summed E-state index contributed by atoms with van der Waals surface area (Å²) in [6.45, 7) is 0.973. The number of benzene rings is 1. The number of rotatable bonds is 5. The lowest BCUT2D eigenvalue weighted by molar-refractivity contribution is 0.204. The molecule has 3 nitrogen and oxygen atoms in total. The average Bonchev–Trinajstić information content (AvgIpc) is 3.19. The zero-order valence-corrected chi connectivity index (χ0v) is 10.1. The average molecular weight is 252 g/mol. The van der Waals surface area contributed by atoms with Crippen LogP contribution in [0.15, 0.2) is 12.1 Å². The van der Waals surface area contributed by atoms with Crippen molar-refractivity contribution in [3.05, 3.63) is 29.3 Å². The molecule has 0 heterocycles. The van der Waals surface area contributed by atoms with Gasteiger partial charge in [-0.3, -0.25) is 0 Å². The van der Waals surface area contributed by atoms with Crippen LogP contribution in [0.3, 0.4) is 0 Å². The molecule has 0 unspecified atom stereocenters. The first-order valence-corrected chi connectivity index (χ1v) is 5.82. The van der Waals surface area contributed by atoms with Gasteiger partial charge in [0.1, 0.15) is 6.07 Å². The van der Waals surface area contributed by atoms with E-state index in [0.29, 0.717) is 13.2 Å². The van der Waals surface area contributed by atoms with E-state index in [1.54, 1.807) is 13.2 Å². The minimum absolute atomic E-state index is 0.214. The maximum Gasteiger partial charge on any atom is 0.183 e. The number of methoxy groups -OCH3 is 1. The Morgan fingerprint density at radius 3 is 2.67 bits per heavy atom. The van der Waals surface area contributed by atoms with Crippen molar-refractivity contribution in [3.8, 4) is 6.07 Å². The third kappa shape index (κ3) is 2.44. The van der Waals surface area contributed by atoms with Crippen LogP contribution in [0.5, 0.6) is 0 Å². The SMILES string of the molecule is COCCN(c1ccc(C#N)c(F)c1F)C1CC1. The first-order valence-electron chi connectivity index (χ1n) is 5.82. The van der Waals surface area contributed by atoms with E-state index < -0.39 is 11.6 Å². The maximum absolute atomic E-state index is 13.9. The molecular weight excluding hydrogens is 238 g/mol. The van der Waals surface area contributed by atoms with Crippen molar-refractivity contribution in [3.63, 3.8) is 0 Å². The summed E-state index contributed by atoms with van der Waals surface area (Å²) in [6.07, 6.45) is 1.95. The zero-order chi connectivity index (χ0) is 13.1. The highest BCUT2D eigenvalue weighted by atomic mass is 19.2. The molecule has 2 rings (SSSR count). The Labute approximate surface area is 105 Å². The molecule has 1 saturated carbocycles. The van der Waals surface area contributed by atoms with E-state index in [0.717, 1.165) is 12.8 Å². The number of hydrogen-bond acceptors (Lipinski definition) is 3. The first kappa shape index (κ1) is 12.8. The van der Waals surface area contributed by atoms with Gasteiger partial charge in [-0.15, -0.1) is 0 Å². The monoisotopic (exact) mass is 252 g/mol. The second-order valence-corrected chi connectivity index (χ2v) is 4.29. The fourth-order valence-electron chi connectivity index (χ4n) is 1.92. The quantitative estimate of drug-likeness (QED) is 0.807. The van der Waals surface area contributed by atoms with Crippen LogP contribution < -0.4 is 4.90 Å². The molecule has 0 saturated heterocycles. The molecule has 5 heteroatoms. The number of hydrogen-bond donors (Lipinski definition) is 0. The Morgan fingerprint density at radius 1 is 1.39 bits per heavy atom. The lowest BCUT2D eigenvalue weighted by Crippen LogP contribution is -2.30. The highest BCUT2D eigenvalue weighted by Gasteiger charge is 2.31. The van der Waals surface area contributed by atoms with Crippen molar-refractivity contribution in [1.29, 1.82) is 5.26 Å². The minimum Gasteiger partial charge on any atom is -0.383 e. The highest BCUT2D eigenvalue weighted by molar-refractivity contribution is 5.53. The summed E-state index contributed by atoms with van der Waals surface area (Å²) in [5.74, 6) is -2.02. The largest absolute Gasteiger partial charge is 0.383 e. The molecule has 0 amide bonds. The van der Waals surface area contributed by atoms with Crippen LogP contribution in [-0.2, 0) is 4.74 Å². The van der Waals surface area contributed by atoms with Crippen LogP contribution in [0.25, 0.3) is 0 Å². The smallest absolute Gasteiger partial charge is 0.183 e. The molecule has 0 atom stereocenters. The third-order valence-corrected chi connectivity index (χ3v) is 3.02. The van der Waals surface area contributed by atoms with Crippen LogP contribution in [0.1, 0.15) is 18.4 Å². The van der Waals surface area contributed by atoms with E-state index in [-0.39, 0.29) is 17.3 Å². The molecular formula is C13H14F2N2O. The maximum atomic E-state index is 13.9. The molecule has 0 radical (unpaired) electrons. The molecule has 1 aromatic rings. The van der Waals surface area contributed by atoms with Gasteiger partial charge < -0.3 is 9.64 Å². The van der Waals surface area contributed by atoms with E-state index in [1.807, 2.05) is 4.90 Å². The van der Waals surface area contributed by atoms with E-state index in [9.17, 15) is 8.78 Å². The van der Waals surface area contributed by atoms with Crippen molar-refractivity contribution >= 4 is 5.69 Å². The summed E-state index contributed by atoms with van der Waals surface area (Å²) < 4.78 is 32.5. The van der Waals surface area contributed by atoms with Crippen molar-refractivity contribution in [2.24, 2.45) is 0 Å². The Bertz CT molecular complexity index is 481. The molecule has 1 aromatic carbocycles. The molecule has 1 aliphatic carbocycles. The van der Waals surface area contributed by atoms with E-state index in [1.165, 1.54) is 12.1 Å². The van der Waals surface area contributed by atoms with Gasteiger partial charge in [0, 0.05) is 19.7 Å². The van der Waals surface area contributed by atoms with Crippen LogP contribution in [0.2, 0.25) is 0 Å². The Morgan fingerprint density at radius 2 is 2.11 bits per heavy atom. The van der Waals surface area contributed by atoms with Crippen molar-refractivity contribution in [2.45, 2.75) is 18.9 Å². The van der Waals surface area contributed by atoms with Gasteiger partial charge in [0.2, 0.25) is 0 Å². The second kappa shape index (κ2) is 5.32. The first-order chi connectivity index (χ1) is 8.69. The molecule has 0 bridgehead atoms. The minimum atomic E-state index is -1.07. The normalized spacial score (nSPS) is 14.3. The predicted molar refractivity (Wildman–Crippen MR) is 63.3 cm³/mol. The van der Waals surface area contributed by atoms with E-state index in [4.69, 9.17) is 10.00 Å². The molecule has 1 fully saturated rings. The Kier molecular flexibility index (Phi) is 3.78. The number of halogens is 2. The van der Waals surface area contributed by atoms with Crippen molar-refractivity contribution in [2.75, 3.05) is 25.2 Å². The Hall–Kier alpha value is -1.67.